The molecule has 2 aromatic heterocycles. The molecule has 3 heterocycles. The van der Waals surface area contributed by atoms with E-state index in [1.165, 1.54) is 6.92 Å². The van der Waals surface area contributed by atoms with Crippen LogP contribution in [0.15, 0.2) is 24.3 Å². The fraction of sp³-hybridized carbons (Fsp3) is 0.444. The summed E-state index contributed by atoms with van der Waals surface area (Å²) in [6.45, 7) is 0.750. The van der Waals surface area contributed by atoms with Gasteiger partial charge in [0.25, 0.3) is 0 Å². The zero-order valence-electron chi connectivity index (χ0n) is 18.9. The van der Waals surface area contributed by atoms with Crippen molar-refractivity contribution in [3.05, 3.63) is 40.1 Å². The summed E-state index contributed by atoms with van der Waals surface area (Å²) in [6.07, 6.45) is -4.69. The Balaban J connectivity index is 1.57. The van der Waals surface area contributed by atoms with Crippen molar-refractivity contribution in [2.45, 2.75) is 37.5 Å². The summed E-state index contributed by atoms with van der Waals surface area (Å²) in [5.41, 5.74) is -0.809. The predicted molar refractivity (Wildman–Crippen MR) is 130 cm³/mol. The van der Waals surface area contributed by atoms with Gasteiger partial charge in [-0.3, -0.25) is 9.13 Å². The molecule has 1 aromatic carbocycles. The van der Waals surface area contributed by atoms with Gasteiger partial charge in [-0.1, -0.05) is 35.0 Å². The lowest BCUT2D eigenvalue weighted by atomic mass is 9.99. The standard InChI is InChI=1S/C18H22Cl2N6O9P2/c1-18(7-34-37(32,33)8-36(29,30)31)13(28)12(27)16(35-18)26-15-11(24-25-26)14(22-17(20)23-15)21-6-9-4-2-3-5-10(9)19/h2-5,12-13,16,27-28H,6-8H2,1H3,(H,32,33)(H,21,22,23)(H2,29,30,31)/t12-,13+,16-,18-/m1/s1. The molecule has 1 saturated heterocycles. The number of ether oxygens (including phenoxy) is 1. The van der Waals surface area contributed by atoms with Gasteiger partial charge in [-0.15, -0.1) is 5.10 Å². The third kappa shape index (κ3) is 6.29. The fourth-order valence-corrected chi connectivity index (χ4v) is 6.68. The lowest BCUT2D eigenvalue weighted by molar-refractivity contribution is -0.115. The van der Waals surface area contributed by atoms with Gasteiger partial charge in [0.05, 0.1) is 6.61 Å². The minimum atomic E-state index is -4.87. The number of nitrogens with zero attached hydrogens (tertiary/aromatic N) is 5. The molecule has 6 N–H and O–H groups in total. The molecule has 1 aliphatic heterocycles. The summed E-state index contributed by atoms with van der Waals surface area (Å²) in [6, 6.07) is 7.14. The second-order valence-electron chi connectivity index (χ2n) is 8.47. The van der Waals surface area contributed by atoms with Gasteiger partial charge in [-0.25, -0.2) is 0 Å². The first kappa shape index (κ1) is 28.3. The number of nitrogens with one attached hydrogen (secondary N) is 1. The summed E-state index contributed by atoms with van der Waals surface area (Å²) >= 11 is 12.3. The van der Waals surface area contributed by atoms with Crippen LogP contribution in [0.3, 0.4) is 0 Å². The molecule has 0 amide bonds. The molecule has 4 rings (SSSR count). The van der Waals surface area contributed by atoms with E-state index in [0.29, 0.717) is 5.02 Å². The number of aliphatic hydroxyl groups is 2. The molecule has 0 saturated carbocycles. The Kier molecular flexibility index (Phi) is 7.98. The molecule has 19 heteroatoms. The maximum atomic E-state index is 12.0. The van der Waals surface area contributed by atoms with E-state index in [4.69, 9.17) is 42.2 Å². The normalized spacial score (nSPS) is 25.9. The van der Waals surface area contributed by atoms with E-state index in [0.717, 1.165) is 10.2 Å². The van der Waals surface area contributed by atoms with Crippen LogP contribution in [0.25, 0.3) is 11.2 Å². The van der Waals surface area contributed by atoms with E-state index in [1.54, 1.807) is 12.1 Å². The van der Waals surface area contributed by atoms with Gasteiger partial charge < -0.3 is 39.5 Å². The Morgan fingerprint density at radius 2 is 1.89 bits per heavy atom. The van der Waals surface area contributed by atoms with Crippen LogP contribution in [0, 0.1) is 0 Å². The van der Waals surface area contributed by atoms with Crippen LogP contribution in [-0.2, 0) is 24.9 Å². The summed E-state index contributed by atoms with van der Waals surface area (Å²) in [4.78, 5) is 35.9. The Hall–Kier alpha value is -1.74. The Bertz CT molecular complexity index is 1410. The Morgan fingerprint density at radius 3 is 2.57 bits per heavy atom. The van der Waals surface area contributed by atoms with Crippen LogP contribution in [0.1, 0.15) is 18.7 Å². The summed E-state index contributed by atoms with van der Waals surface area (Å²) in [7, 11) is -9.62. The number of anilines is 1. The molecule has 5 atom stereocenters. The highest BCUT2D eigenvalue weighted by Crippen LogP contribution is 2.56. The number of aromatic nitrogens is 5. The highest BCUT2D eigenvalue weighted by molar-refractivity contribution is 7.70. The van der Waals surface area contributed by atoms with Crippen molar-refractivity contribution in [1.29, 1.82) is 0 Å². The monoisotopic (exact) mass is 598 g/mol. The molecule has 1 fully saturated rings. The molecule has 37 heavy (non-hydrogen) atoms. The van der Waals surface area contributed by atoms with Crippen molar-refractivity contribution < 1.29 is 43.3 Å². The molecule has 202 valence electrons. The van der Waals surface area contributed by atoms with Crippen molar-refractivity contribution in [2.75, 3.05) is 17.8 Å². The number of aliphatic hydroxyl groups excluding tert-OH is 2. The van der Waals surface area contributed by atoms with Crippen molar-refractivity contribution in [1.82, 2.24) is 25.0 Å². The number of hydrogen-bond donors (Lipinski definition) is 6. The van der Waals surface area contributed by atoms with Crippen molar-refractivity contribution in [3.8, 4) is 0 Å². The Morgan fingerprint density at radius 1 is 1.19 bits per heavy atom. The first-order valence-electron chi connectivity index (χ1n) is 10.5. The largest absolute Gasteiger partial charge is 0.387 e. The second-order valence-corrected chi connectivity index (χ2v) is 13.2. The lowest BCUT2D eigenvalue weighted by Gasteiger charge is -2.28. The smallest absolute Gasteiger partial charge is 0.340 e. The molecule has 1 aliphatic rings. The maximum Gasteiger partial charge on any atom is 0.340 e. The molecule has 15 nitrogen and oxygen atoms in total. The van der Waals surface area contributed by atoms with E-state index < -0.39 is 51.7 Å². The van der Waals surface area contributed by atoms with E-state index in [9.17, 15) is 24.2 Å². The number of rotatable bonds is 9. The average Bonchev–Trinajstić information content (AvgIpc) is 3.30. The highest BCUT2D eigenvalue weighted by atomic mass is 35.5. The third-order valence-electron chi connectivity index (χ3n) is 5.49. The minimum Gasteiger partial charge on any atom is -0.387 e. The molecular weight excluding hydrogens is 577 g/mol. The predicted octanol–water partition coefficient (Wildman–Crippen LogP) is 1.49. The van der Waals surface area contributed by atoms with Gasteiger partial charge in [0, 0.05) is 11.6 Å². The fourth-order valence-electron chi connectivity index (χ4n) is 3.67. The zero-order chi connectivity index (χ0) is 27.2. The number of fused-ring (bicyclic) bond motifs is 1. The van der Waals surface area contributed by atoms with E-state index in [1.807, 2.05) is 12.1 Å². The number of hydrogen-bond acceptors (Lipinski definition) is 11. The maximum absolute atomic E-state index is 12.0. The van der Waals surface area contributed by atoms with Crippen LogP contribution in [-0.4, -0.2) is 80.2 Å². The van der Waals surface area contributed by atoms with Crippen LogP contribution in [0.5, 0.6) is 0 Å². The molecular formula is C18H22Cl2N6O9P2. The topological polar surface area (TPSA) is 222 Å². The van der Waals surface area contributed by atoms with Crippen LogP contribution in [0.2, 0.25) is 10.3 Å². The highest BCUT2D eigenvalue weighted by Gasteiger charge is 2.54. The molecule has 0 radical (unpaired) electrons. The molecule has 3 aromatic rings. The van der Waals surface area contributed by atoms with Gasteiger partial charge in [-0.05, 0) is 30.2 Å². The molecule has 0 spiro atoms. The van der Waals surface area contributed by atoms with Crippen molar-refractivity contribution in [2.24, 2.45) is 0 Å². The van der Waals surface area contributed by atoms with Crippen LogP contribution < -0.4 is 5.32 Å². The van der Waals surface area contributed by atoms with Gasteiger partial charge in [-0.2, -0.15) is 14.6 Å². The number of benzene rings is 1. The van der Waals surface area contributed by atoms with Crippen molar-refractivity contribution >= 4 is 55.4 Å². The quantitative estimate of drug-likeness (QED) is 0.152. The first-order valence-corrected chi connectivity index (χ1v) is 14.8. The molecule has 1 unspecified atom stereocenters. The van der Waals surface area contributed by atoms with Crippen molar-refractivity contribution in [3.63, 3.8) is 0 Å². The van der Waals surface area contributed by atoms with Crippen LogP contribution >= 0.6 is 38.4 Å². The molecule has 0 bridgehead atoms. The van der Waals surface area contributed by atoms with E-state index in [-0.39, 0.29) is 28.8 Å². The minimum absolute atomic E-state index is 0.0393. The Labute approximate surface area is 219 Å². The summed E-state index contributed by atoms with van der Waals surface area (Å²) in [5.74, 6) is -1.22. The number of halogens is 2. The third-order valence-corrected chi connectivity index (χ3v) is 9.46. The van der Waals surface area contributed by atoms with Gasteiger partial charge in [0.1, 0.15) is 17.8 Å². The van der Waals surface area contributed by atoms with Gasteiger partial charge >= 0.3 is 15.2 Å². The van der Waals surface area contributed by atoms with E-state index >= 15 is 0 Å². The van der Waals surface area contributed by atoms with E-state index in [2.05, 4.69) is 25.6 Å². The SMILES string of the molecule is C[C@]1(COP(=O)(O)CP(=O)(O)O)O[C@@H](n2nnc3c(NCc4ccccc4Cl)nc(Cl)nc32)[C@H](O)[C@@H]1O. The first-order chi connectivity index (χ1) is 17.2. The summed E-state index contributed by atoms with van der Waals surface area (Å²) < 4.78 is 34.7. The summed E-state index contributed by atoms with van der Waals surface area (Å²) in [5, 5.41) is 32.7. The zero-order valence-corrected chi connectivity index (χ0v) is 22.2. The second kappa shape index (κ2) is 10.4. The average molecular weight is 599 g/mol. The molecule has 0 aliphatic carbocycles. The van der Waals surface area contributed by atoms with Crippen LogP contribution in [0.4, 0.5) is 5.82 Å². The lowest BCUT2D eigenvalue weighted by Crippen LogP contribution is -2.44. The van der Waals surface area contributed by atoms with Gasteiger partial charge in [0.2, 0.25) is 5.28 Å². The van der Waals surface area contributed by atoms with Gasteiger partial charge in [0.15, 0.2) is 29.1 Å².